The van der Waals surface area contributed by atoms with Gasteiger partial charge in [-0.3, -0.25) is 4.90 Å². The highest BCUT2D eigenvalue weighted by Gasteiger charge is 2.24. The number of aromatic nitrogens is 3. The van der Waals surface area contributed by atoms with Crippen LogP contribution in [0.1, 0.15) is 39.5 Å². The Labute approximate surface area is 170 Å². The van der Waals surface area contributed by atoms with Gasteiger partial charge in [0.1, 0.15) is 23.2 Å². The van der Waals surface area contributed by atoms with Gasteiger partial charge < -0.3 is 9.84 Å². The SMILES string of the molecule is C[C@H]1CCC[C@H](C)N1CCCNc1ncnc2onc(-c3ccc(Cl)cc3)c12. The van der Waals surface area contributed by atoms with Crippen molar-refractivity contribution in [1.29, 1.82) is 0 Å². The van der Waals surface area contributed by atoms with Gasteiger partial charge in [-0.25, -0.2) is 4.98 Å². The van der Waals surface area contributed by atoms with Crippen LogP contribution in [-0.4, -0.2) is 45.2 Å². The van der Waals surface area contributed by atoms with Gasteiger partial charge in [-0.05, 0) is 45.2 Å². The molecular formula is C21H26ClN5O. The van der Waals surface area contributed by atoms with Crippen LogP contribution < -0.4 is 5.32 Å². The Morgan fingerprint density at radius 3 is 2.64 bits per heavy atom. The highest BCUT2D eigenvalue weighted by Crippen LogP contribution is 2.31. The number of fused-ring (bicyclic) bond motifs is 1. The van der Waals surface area contributed by atoms with Crippen LogP contribution in [0, 0.1) is 0 Å². The quantitative estimate of drug-likeness (QED) is 0.588. The lowest BCUT2D eigenvalue weighted by Gasteiger charge is -2.39. The van der Waals surface area contributed by atoms with E-state index in [9.17, 15) is 0 Å². The maximum atomic E-state index is 6.01. The van der Waals surface area contributed by atoms with E-state index in [4.69, 9.17) is 16.1 Å². The van der Waals surface area contributed by atoms with E-state index < -0.39 is 0 Å². The van der Waals surface area contributed by atoms with Gasteiger partial charge in [0, 0.05) is 35.8 Å². The maximum absolute atomic E-state index is 6.01. The number of likely N-dealkylation sites (tertiary alicyclic amines) is 1. The lowest BCUT2D eigenvalue weighted by Crippen LogP contribution is -2.44. The summed E-state index contributed by atoms with van der Waals surface area (Å²) in [5.41, 5.74) is 2.14. The summed E-state index contributed by atoms with van der Waals surface area (Å²) in [4.78, 5) is 11.3. The minimum atomic E-state index is 0.487. The molecule has 1 aliphatic heterocycles. The first-order valence-electron chi connectivity index (χ1n) is 9.99. The fourth-order valence-electron chi connectivity index (χ4n) is 4.11. The van der Waals surface area contributed by atoms with Crippen LogP contribution in [-0.2, 0) is 0 Å². The second kappa shape index (κ2) is 8.45. The molecule has 0 aliphatic carbocycles. The van der Waals surface area contributed by atoms with Crippen LogP contribution in [0.2, 0.25) is 5.02 Å². The molecule has 0 saturated carbocycles. The van der Waals surface area contributed by atoms with Gasteiger partial charge in [-0.2, -0.15) is 4.98 Å². The first-order chi connectivity index (χ1) is 13.6. The zero-order valence-electron chi connectivity index (χ0n) is 16.4. The average Bonchev–Trinajstić information content (AvgIpc) is 3.12. The van der Waals surface area contributed by atoms with Crippen molar-refractivity contribution in [3.8, 4) is 11.3 Å². The van der Waals surface area contributed by atoms with Gasteiger partial charge in [0.05, 0.1) is 0 Å². The molecule has 2 atom stereocenters. The summed E-state index contributed by atoms with van der Waals surface area (Å²) in [7, 11) is 0. The molecule has 1 saturated heterocycles. The fourth-order valence-corrected chi connectivity index (χ4v) is 4.24. The molecule has 0 amide bonds. The molecule has 1 aliphatic rings. The van der Waals surface area contributed by atoms with Crippen LogP contribution in [0.5, 0.6) is 0 Å². The van der Waals surface area contributed by atoms with E-state index in [1.54, 1.807) is 0 Å². The van der Waals surface area contributed by atoms with Crippen molar-refractivity contribution >= 4 is 28.5 Å². The van der Waals surface area contributed by atoms with Crippen LogP contribution in [0.15, 0.2) is 35.1 Å². The largest absolute Gasteiger partial charge is 0.369 e. The maximum Gasteiger partial charge on any atom is 0.263 e. The van der Waals surface area contributed by atoms with Crippen molar-refractivity contribution in [3.63, 3.8) is 0 Å². The number of piperidine rings is 1. The van der Waals surface area contributed by atoms with E-state index in [-0.39, 0.29) is 0 Å². The molecule has 4 rings (SSSR count). The first kappa shape index (κ1) is 19.2. The lowest BCUT2D eigenvalue weighted by atomic mass is 9.97. The Balaban J connectivity index is 1.47. The molecule has 0 unspecified atom stereocenters. The number of anilines is 1. The summed E-state index contributed by atoms with van der Waals surface area (Å²) in [6.07, 6.45) is 6.51. The third-order valence-electron chi connectivity index (χ3n) is 5.65. The molecule has 1 aromatic carbocycles. The number of hydrogen-bond acceptors (Lipinski definition) is 6. The van der Waals surface area contributed by atoms with E-state index in [1.807, 2.05) is 24.3 Å². The van der Waals surface area contributed by atoms with E-state index in [0.717, 1.165) is 42.0 Å². The topological polar surface area (TPSA) is 67.1 Å². The van der Waals surface area contributed by atoms with Crippen molar-refractivity contribution in [2.24, 2.45) is 0 Å². The molecule has 148 valence electrons. The van der Waals surface area contributed by atoms with Gasteiger partial charge in [-0.15, -0.1) is 0 Å². The Morgan fingerprint density at radius 1 is 1.14 bits per heavy atom. The molecule has 1 fully saturated rings. The molecule has 0 radical (unpaired) electrons. The first-order valence-corrected chi connectivity index (χ1v) is 10.4. The summed E-state index contributed by atoms with van der Waals surface area (Å²) in [5, 5.41) is 9.17. The van der Waals surface area contributed by atoms with Gasteiger partial charge in [0.25, 0.3) is 5.71 Å². The minimum absolute atomic E-state index is 0.487. The standard InChI is InChI=1S/C21H26ClN5O/c1-14-5-3-6-15(2)27(14)12-4-11-23-20-18-19(16-7-9-17(22)10-8-16)26-28-21(18)25-13-24-20/h7-10,13-15H,3-6,11-12H2,1-2H3,(H,23,24,25)/t14-,15-/m0/s1. The summed E-state index contributed by atoms with van der Waals surface area (Å²) < 4.78 is 5.42. The monoisotopic (exact) mass is 399 g/mol. The molecule has 1 N–H and O–H groups in total. The number of nitrogens with zero attached hydrogens (tertiary/aromatic N) is 4. The predicted molar refractivity (Wildman–Crippen MR) is 113 cm³/mol. The molecular weight excluding hydrogens is 374 g/mol. The minimum Gasteiger partial charge on any atom is -0.369 e. The van der Waals surface area contributed by atoms with Crippen LogP contribution >= 0.6 is 11.6 Å². The average molecular weight is 400 g/mol. The van der Waals surface area contributed by atoms with Crippen LogP contribution in [0.4, 0.5) is 5.82 Å². The zero-order valence-corrected chi connectivity index (χ0v) is 17.1. The number of nitrogens with one attached hydrogen (secondary N) is 1. The van der Waals surface area contributed by atoms with Gasteiger partial charge in [0.2, 0.25) is 0 Å². The number of halogens is 1. The third-order valence-corrected chi connectivity index (χ3v) is 5.90. The summed E-state index contributed by atoms with van der Waals surface area (Å²) in [6, 6.07) is 8.88. The van der Waals surface area contributed by atoms with Crippen molar-refractivity contribution in [2.45, 2.75) is 51.6 Å². The molecule has 6 nitrogen and oxygen atoms in total. The van der Waals surface area contributed by atoms with E-state index in [1.165, 1.54) is 25.6 Å². The molecule has 3 heterocycles. The van der Waals surface area contributed by atoms with E-state index in [0.29, 0.717) is 22.8 Å². The number of hydrogen-bond donors (Lipinski definition) is 1. The normalized spacial score (nSPS) is 20.5. The second-order valence-corrected chi connectivity index (χ2v) is 8.02. The van der Waals surface area contributed by atoms with Crippen molar-refractivity contribution in [2.75, 3.05) is 18.4 Å². The third kappa shape index (κ3) is 3.98. The smallest absolute Gasteiger partial charge is 0.263 e. The van der Waals surface area contributed by atoms with Gasteiger partial charge in [-0.1, -0.05) is 35.3 Å². The van der Waals surface area contributed by atoms with Crippen LogP contribution in [0.3, 0.4) is 0 Å². The number of benzene rings is 1. The fraction of sp³-hybridized carbons (Fsp3) is 0.476. The molecule has 28 heavy (non-hydrogen) atoms. The summed E-state index contributed by atoms with van der Waals surface area (Å²) >= 11 is 6.01. The zero-order chi connectivity index (χ0) is 19.5. The van der Waals surface area contributed by atoms with Crippen molar-refractivity contribution in [3.05, 3.63) is 35.6 Å². The highest BCUT2D eigenvalue weighted by atomic mass is 35.5. The molecule has 2 aromatic heterocycles. The molecule has 0 bridgehead atoms. The van der Waals surface area contributed by atoms with E-state index >= 15 is 0 Å². The summed E-state index contributed by atoms with van der Waals surface area (Å²) in [5.74, 6) is 0.760. The molecule has 7 heteroatoms. The molecule has 0 spiro atoms. The lowest BCUT2D eigenvalue weighted by molar-refractivity contribution is 0.103. The van der Waals surface area contributed by atoms with Crippen LogP contribution in [0.25, 0.3) is 22.4 Å². The van der Waals surface area contributed by atoms with Gasteiger partial charge in [0.15, 0.2) is 0 Å². The summed E-state index contributed by atoms with van der Waals surface area (Å²) in [6.45, 7) is 6.61. The second-order valence-electron chi connectivity index (χ2n) is 7.59. The Morgan fingerprint density at radius 2 is 1.89 bits per heavy atom. The highest BCUT2D eigenvalue weighted by molar-refractivity contribution is 6.30. The van der Waals surface area contributed by atoms with Crippen molar-refractivity contribution in [1.82, 2.24) is 20.0 Å². The van der Waals surface area contributed by atoms with E-state index in [2.05, 4.69) is 39.2 Å². The molecule has 3 aromatic rings. The Bertz CT molecular complexity index is 916. The van der Waals surface area contributed by atoms with Crippen molar-refractivity contribution < 1.29 is 4.52 Å². The number of rotatable bonds is 6. The predicted octanol–water partition coefficient (Wildman–Crippen LogP) is 5.00. The Kier molecular flexibility index (Phi) is 5.78. The Hall–Kier alpha value is -2.18. The van der Waals surface area contributed by atoms with Gasteiger partial charge >= 0.3 is 0 Å².